The summed E-state index contributed by atoms with van der Waals surface area (Å²) < 4.78 is 12.1. The summed E-state index contributed by atoms with van der Waals surface area (Å²) in [5, 5.41) is 13.1. The van der Waals surface area contributed by atoms with Crippen molar-refractivity contribution in [2.24, 2.45) is 4.99 Å². The molecule has 1 heterocycles. The van der Waals surface area contributed by atoms with E-state index in [4.69, 9.17) is 14.5 Å². The Kier molecular flexibility index (Phi) is 8.35. The molecule has 6 heteroatoms. The molecule has 4 rings (SSSR count). The van der Waals surface area contributed by atoms with Gasteiger partial charge in [0, 0.05) is 31.6 Å². The maximum absolute atomic E-state index is 9.77. The molecule has 1 saturated carbocycles. The molecule has 6 nitrogen and oxygen atoms in total. The van der Waals surface area contributed by atoms with Gasteiger partial charge < -0.3 is 19.7 Å². The van der Waals surface area contributed by atoms with Crippen molar-refractivity contribution in [1.29, 1.82) is 5.26 Å². The minimum Gasteiger partial charge on any atom is -0.489 e. The van der Waals surface area contributed by atoms with E-state index in [2.05, 4.69) is 54.9 Å². The number of aryl methyl sites for hydroxylation is 1. The molecule has 1 saturated heterocycles. The van der Waals surface area contributed by atoms with Gasteiger partial charge in [0.1, 0.15) is 30.0 Å². The number of hydrogen-bond acceptors (Lipinski definition) is 6. The number of benzene rings is 2. The fourth-order valence-corrected chi connectivity index (χ4v) is 4.49. The van der Waals surface area contributed by atoms with Crippen LogP contribution in [0.4, 0.5) is 0 Å². The van der Waals surface area contributed by atoms with Crippen molar-refractivity contribution < 1.29 is 9.47 Å². The minimum absolute atomic E-state index is 0.260. The van der Waals surface area contributed by atoms with E-state index >= 15 is 0 Å². The normalized spacial score (nSPS) is 16.5. The second-order valence-electron chi connectivity index (χ2n) is 10.3. The maximum atomic E-state index is 9.77. The molecular weight excluding hydrogens is 460 g/mol. The first-order chi connectivity index (χ1) is 17.8. The Bertz CT molecular complexity index is 1210. The molecule has 0 aromatic heterocycles. The van der Waals surface area contributed by atoms with Gasteiger partial charge in [-0.2, -0.15) is 5.26 Å². The highest BCUT2D eigenvalue weighted by Gasteiger charge is 2.28. The molecule has 1 aliphatic heterocycles. The van der Waals surface area contributed by atoms with Crippen LogP contribution in [0.1, 0.15) is 55.9 Å². The molecule has 194 valence electrons. The van der Waals surface area contributed by atoms with Gasteiger partial charge in [-0.25, -0.2) is 4.99 Å². The lowest BCUT2D eigenvalue weighted by molar-refractivity contribution is 0.297. The topological polar surface area (TPSA) is 69.9 Å². The Morgan fingerprint density at radius 2 is 1.89 bits per heavy atom. The maximum Gasteiger partial charge on any atom is 0.140 e. The molecule has 0 atom stereocenters. The molecule has 2 aromatic rings. The van der Waals surface area contributed by atoms with Crippen molar-refractivity contribution in [3.8, 4) is 17.6 Å². The van der Waals surface area contributed by atoms with Crippen LogP contribution in [0, 0.1) is 18.3 Å². The van der Waals surface area contributed by atoms with Crippen LogP contribution < -0.4 is 14.8 Å². The molecule has 1 N–H and O–H groups in total. The molecule has 37 heavy (non-hydrogen) atoms. The van der Waals surface area contributed by atoms with Crippen molar-refractivity contribution in [3.05, 3.63) is 83.2 Å². The summed E-state index contributed by atoms with van der Waals surface area (Å²) >= 11 is 0. The van der Waals surface area contributed by atoms with Crippen molar-refractivity contribution in [3.63, 3.8) is 0 Å². The number of piperazine rings is 1. The Balaban J connectivity index is 1.45. The van der Waals surface area contributed by atoms with Gasteiger partial charge in [-0.1, -0.05) is 44.7 Å². The number of ether oxygens (including phenoxy) is 2. The fourth-order valence-electron chi connectivity index (χ4n) is 4.49. The summed E-state index contributed by atoms with van der Waals surface area (Å²) in [5.41, 5.74) is 4.40. The average Bonchev–Trinajstić information content (AvgIpc) is 3.73. The van der Waals surface area contributed by atoms with E-state index in [1.54, 1.807) is 0 Å². The zero-order chi connectivity index (χ0) is 26.4. The van der Waals surface area contributed by atoms with Crippen LogP contribution in [-0.4, -0.2) is 49.5 Å². The van der Waals surface area contributed by atoms with Gasteiger partial charge in [-0.3, -0.25) is 0 Å². The number of allylic oxidation sites excluding steroid dienone is 1. The first kappa shape index (κ1) is 26.5. The second kappa shape index (κ2) is 11.7. The molecule has 0 spiro atoms. The number of rotatable bonds is 10. The van der Waals surface area contributed by atoms with Crippen LogP contribution in [0.3, 0.4) is 0 Å². The molecule has 0 radical (unpaired) electrons. The molecule has 1 aliphatic carbocycles. The number of aliphatic imine (C=N–C) groups is 1. The van der Waals surface area contributed by atoms with Gasteiger partial charge in [-0.15, -0.1) is 0 Å². The van der Waals surface area contributed by atoms with E-state index in [1.165, 1.54) is 0 Å². The minimum atomic E-state index is -0.286. The van der Waals surface area contributed by atoms with Crippen molar-refractivity contribution >= 4 is 5.71 Å². The van der Waals surface area contributed by atoms with Crippen molar-refractivity contribution in [2.75, 3.05) is 32.8 Å². The Hall–Kier alpha value is -3.56. The molecule has 0 amide bonds. The lowest BCUT2D eigenvalue weighted by Crippen LogP contribution is -2.42. The van der Waals surface area contributed by atoms with Crippen LogP contribution in [0.5, 0.6) is 11.5 Å². The molecule has 2 aromatic carbocycles. The van der Waals surface area contributed by atoms with Crippen molar-refractivity contribution in [1.82, 2.24) is 10.2 Å². The van der Waals surface area contributed by atoms with E-state index < -0.39 is 0 Å². The molecular formula is C31H38N4O2. The third-order valence-corrected chi connectivity index (χ3v) is 7.00. The van der Waals surface area contributed by atoms with Crippen LogP contribution in [0.25, 0.3) is 0 Å². The first-order valence-corrected chi connectivity index (χ1v) is 13.1. The number of hydrogen-bond donors (Lipinski definition) is 1. The smallest absolute Gasteiger partial charge is 0.140 e. The Morgan fingerprint density at radius 3 is 2.51 bits per heavy atom. The van der Waals surface area contributed by atoms with Crippen LogP contribution in [0.2, 0.25) is 0 Å². The van der Waals surface area contributed by atoms with E-state index in [9.17, 15) is 5.26 Å². The molecule has 0 unspecified atom stereocenters. The van der Waals surface area contributed by atoms with Gasteiger partial charge in [0.2, 0.25) is 0 Å². The van der Waals surface area contributed by atoms with Crippen LogP contribution in [0.15, 0.2) is 65.9 Å². The third kappa shape index (κ3) is 6.61. The third-order valence-electron chi connectivity index (χ3n) is 7.00. The van der Waals surface area contributed by atoms with Gasteiger partial charge in [0.05, 0.1) is 17.4 Å². The van der Waals surface area contributed by atoms with E-state index in [0.717, 1.165) is 78.7 Å². The molecule has 2 aliphatic rings. The van der Waals surface area contributed by atoms with Crippen LogP contribution >= 0.6 is 0 Å². The fraction of sp³-hybridized carbons (Fsp3) is 0.419. The predicted molar refractivity (Wildman–Crippen MR) is 149 cm³/mol. The molecule has 2 fully saturated rings. The number of nitrogens with zero attached hydrogens (tertiary/aromatic N) is 3. The zero-order valence-corrected chi connectivity index (χ0v) is 22.5. The van der Waals surface area contributed by atoms with Crippen LogP contribution in [-0.2, 0) is 5.41 Å². The van der Waals surface area contributed by atoms with Gasteiger partial charge in [0.25, 0.3) is 0 Å². The monoisotopic (exact) mass is 498 g/mol. The Morgan fingerprint density at radius 1 is 1.19 bits per heavy atom. The van der Waals surface area contributed by atoms with Gasteiger partial charge in [-0.05, 0) is 67.7 Å². The summed E-state index contributed by atoms with van der Waals surface area (Å²) in [6.45, 7) is 16.6. The molecule has 0 bridgehead atoms. The lowest BCUT2D eigenvalue weighted by atomic mass is 9.77. The Labute approximate surface area is 221 Å². The standard InChI is InChI=1S/C31H38N4O2/c1-6-7-27(34-23(3)35-16-14-33-15-17-35)21-36-28-10-8-25(9-11-28)31(4,5)26-18-22(2)30(24(19-26)20-32)37-29-12-13-29/h6-11,18-19,29,33H,3,12-17,21H2,1-2,4-5H3/b7-6-,34-27+. The first-order valence-electron chi connectivity index (χ1n) is 13.1. The summed E-state index contributed by atoms with van der Waals surface area (Å²) in [6, 6.07) is 14.6. The highest BCUT2D eigenvalue weighted by molar-refractivity contribution is 5.96. The summed E-state index contributed by atoms with van der Waals surface area (Å²) in [7, 11) is 0. The van der Waals surface area contributed by atoms with Gasteiger partial charge in [0.15, 0.2) is 0 Å². The highest BCUT2D eigenvalue weighted by atomic mass is 16.5. The van der Waals surface area contributed by atoms with E-state index in [0.29, 0.717) is 12.2 Å². The summed E-state index contributed by atoms with van der Waals surface area (Å²) in [6.07, 6.45) is 6.34. The summed E-state index contributed by atoms with van der Waals surface area (Å²) in [5.74, 6) is 2.29. The lowest BCUT2D eigenvalue weighted by Gasteiger charge is -2.29. The SMILES string of the molecule is C=C(/N=C(\C=C/C)COc1ccc(C(C)(C)c2cc(C)c(OC3CC3)c(C#N)c2)cc1)N1CCNCC1. The summed E-state index contributed by atoms with van der Waals surface area (Å²) in [4.78, 5) is 6.92. The number of nitriles is 1. The highest BCUT2D eigenvalue weighted by Crippen LogP contribution is 2.38. The van der Waals surface area contributed by atoms with Crippen molar-refractivity contribution in [2.45, 2.75) is 52.1 Å². The predicted octanol–water partition coefficient (Wildman–Crippen LogP) is 5.51. The largest absolute Gasteiger partial charge is 0.489 e. The van der Waals surface area contributed by atoms with E-state index in [1.807, 2.05) is 44.2 Å². The van der Waals surface area contributed by atoms with Gasteiger partial charge >= 0.3 is 0 Å². The number of nitrogens with one attached hydrogen (secondary N) is 1. The van der Waals surface area contributed by atoms with E-state index in [-0.39, 0.29) is 11.5 Å². The second-order valence-corrected chi connectivity index (χ2v) is 10.3. The quantitative estimate of drug-likeness (QED) is 0.438. The average molecular weight is 499 g/mol. The zero-order valence-electron chi connectivity index (χ0n) is 22.5.